The highest BCUT2D eigenvalue weighted by Gasteiger charge is 2.06. The molecule has 1 amide bonds. The topological polar surface area (TPSA) is 72.2 Å². The zero-order valence-corrected chi connectivity index (χ0v) is 10.4. The molecule has 0 radical (unpaired) electrons. The van der Waals surface area contributed by atoms with E-state index in [9.17, 15) is 9.00 Å². The summed E-state index contributed by atoms with van der Waals surface area (Å²) in [6.07, 6.45) is 1.67. The summed E-state index contributed by atoms with van der Waals surface area (Å²) < 4.78 is 11.3. The fourth-order valence-electron chi connectivity index (χ4n) is 1.01. The number of amides is 1. The second kappa shape index (κ2) is 8.85. The number of carbonyl (C=O) groups excluding carboxylic acids is 1. The van der Waals surface area contributed by atoms with Gasteiger partial charge in [-0.25, -0.2) is 0 Å². The van der Waals surface area contributed by atoms with Crippen LogP contribution in [0, 0.1) is 5.92 Å². The van der Waals surface area contributed by atoms with Gasteiger partial charge in [-0.3, -0.25) is 9.00 Å². The molecule has 0 spiro atoms. The Labute approximate surface area is 94.4 Å². The Bertz CT molecular complexity index is 208. The Kier molecular flexibility index (Phi) is 8.61. The molecule has 3 N–H and O–H groups in total. The van der Waals surface area contributed by atoms with E-state index >= 15 is 0 Å². The first kappa shape index (κ1) is 14.6. The van der Waals surface area contributed by atoms with Gasteiger partial charge in [0, 0.05) is 23.1 Å². The number of nitrogens with two attached hydrogens (primary N) is 1. The number of nitrogens with one attached hydrogen (secondary N) is 1. The highest BCUT2D eigenvalue weighted by Crippen LogP contribution is 1.96. The molecule has 0 aromatic heterocycles. The molecule has 0 heterocycles. The van der Waals surface area contributed by atoms with Gasteiger partial charge in [0.1, 0.15) is 5.75 Å². The molecule has 0 aromatic carbocycles. The fourth-order valence-corrected chi connectivity index (χ4v) is 2.04. The second-order valence-corrected chi connectivity index (χ2v) is 5.54. The molecule has 0 rings (SSSR count). The SMILES string of the molecule is CC(C)CCNC(=O)CS(=O)CCCN. The molecule has 1 unspecified atom stereocenters. The predicted molar refractivity (Wildman–Crippen MR) is 64.0 cm³/mol. The maximum Gasteiger partial charge on any atom is 0.232 e. The first-order valence-electron chi connectivity index (χ1n) is 5.38. The lowest BCUT2D eigenvalue weighted by molar-refractivity contribution is -0.118. The molecule has 0 saturated heterocycles. The molecular formula is C10H22N2O2S. The van der Waals surface area contributed by atoms with E-state index in [1.54, 1.807) is 0 Å². The summed E-state index contributed by atoms with van der Waals surface area (Å²) in [5.74, 6) is 1.09. The smallest absolute Gasteiger partial charge is 0.232 e. The van der Waals surface area contributed by atoms with Crippen molar-refractivity contribution in [3.05, 3.63) is 0 Å². The molecule has 4 nitrogen and oxygen atoms in total. The van der Waals surface area contributed by atoms with E-state index in [-0.39, 0.29) is 11.7 Å². The van der Waals surface area contributed by atoms with E-state index in [0.29, 0.717) is 31.2 Å². The van der Waals surface area contributed by atoms with Gasteiger partial charge in [0.05, 0.1) is 0 Å². The van der Waals surface area contributed by atoms with Gasteiger partial charge in [-0.05, 0) is 25.3 Å². The summed E-state index contributed by atoms with van der Waals surface area (Å²) in [5, 5.41) is 2.76. The first-order chi connectivity index (χ1) is 7.06. The van der Waals surface area contributed by atoms with E-state index in [1.807, 2.05) is 0 Å². The van der Waals surface area contributed by atoms with E-state index in [0.717, 1.165) is 6.42 Å². The van der Waals surface area contributed by atoms with Gasteiger partial charge >= 0.3 is 0 Å². The van der Waals surface area contributed by atoms with Crippen LogP contribution in [-0.4, -0.2) is 34.7 Å². The van der Waals surface area contributed by atoms with Crippen LogP contribution >= 0.6 is 0 Å². The van der Waals surface area contributed by atoms with E-state index in [2.05, 4.69) is 19.2 Å². The number of carbonyl (C=O) groups is 1. The van der Waals surface area contributed by atoms with Crippen molar-refractivity contribution in [3.8, 4) is 0 Å². The highest BCUT2D eigenvalue weighted by molar-refractivity contribution is 7.85. The van der Waals surface area contributed by atoms with Crippen molar-refractivity contribution >= 4 is 16.7 Å². The van der Waals surface area contributed by atoms with Crippen LogP contribution in [0.15, 0.2) is 0 Å². The molecular weight excluding hydrogens is 212 g/mol. The minimum Gasteiger partial charge on any atom is -0.355 e. The molecule has 1 atom stereocenters. The molecule has 0 saturated carbocycles. The molecule has 0 aliphatic rings. The van der Waals surface area contributed by atoms with Gasteiger partial charge < -0.3 is 11.1 Å². The van der Waals surface area contributed by atoms with Gasteiger partial charge in [-0.2, -0.15) is 0 Å². The minimum absolute atomic E-state index is 0.109. The Hall–Kier alpha value is -0.420. The Morgan fingerprint density at radius 1 is 1.47 bits per heavy atom. The van der Waals surface area contributed by atoms with E-state index < -0.39 is 10.8 Å². The third-order valence-corrected chi connectivity index (χ3v) is 3.24. The summed E-state index contributed by atoms with van der Waals surface area (Å²) in [5.41, 5.74) is 5.29. The average molecular weight is 234 g/mol. The maximum atomic E-state index is 11.3. The molecule has 0 fully saturated rings. The standard InChI is InChI=1S/C10H22N2O2S/c1-9(2)4-6-12-10(13)8-15(14)7-3-5-11/h9H,3-8,11H2,1-2H3,(H,12,13). The van der Waals surface area contributed by atoms with Crippen LogP contribution in [0.3, 0.4) is 0 Å². The normalized spacial score (nSPS) is 12.8. The Balaban J connectivity index is 3.51. The van der Waals surface area contributed by atoms with E-state index in [4.69, 9.17) is 5.73 Å². The zero-order chi connectivity index (χ0) is 11.7. The first-order valence-corrected chi connectivity index (χ1v) is 6.86. The van der Waals surface area contributed by atoms with Crippen LogP contribution in [0.1, 0.15) is 26.7 Å². The molecule has 0 aromatic rings. The lowest BCUT2D eigenvalue weighted by atomic mass is 10.1. The highest BCUT2D eigenvalue weighted by atomic mass is 32.2. The number of hydrogen-bond donors (Lipinski definition) is 2. The number of hydrogen-bond acceptors (Lipinski definition) is 3. The van der Waals surface area contributed by atoms with Gasteiger partial charge in [0.2, 0.25) is 5.91 Å². The molecule has 0 aliphatic carbocycles. The van der Waals surface area contributed by atoms with Crippen molar-refractivity contribution in [1.29, 1.82) is 0 Å². The van der Waals surface area contributed by atoms with Crippen molar-refractivity contribution < 1.29 is 9.00 Å². The summed E-state index contributed by atoms with van der Waals surface area (Å²) in [7, 11) is -1.06. The monoisotopic (exact) mass is 234 g/mol. The van der Waals surface area contributed by atoms with Gasteiger partial charge in [-0.15, -0.1) is 0 Å². The molecule has 0 aliphatic heterocycles. The summed E-state index contributed by atoms with van der Waals surface area (Å²) >= 11 is 0. The zero-order valence-electron chi connectivity index (χ0n) is 9.62. The maximum absolute atomic E-state index is 11.3. The van der Waals surface area contributed by atoms with Crippen LogP contribution < -0.4 is 11.1 Å². The van der Waals surface area contributed by atoms with E-state index in [1.165, 1.54) is 0 Å². The largest absolute Gasteiger partial charge is 0.355 e. The second-order valence-electron chi connectivity index (χ2n) is 3.96. The van der Waals surface area contributed by atoms with Gasteiger partial charge in [-0.1, -0.05) is 13.8 Å². The van der Waals surface area contributed by atoms with Crippen molar-refractivity contribution in [2.75, 3.05) is 24.6 Å². The Morgan fingerprint density at radius 2 is 2.13 bits per heavy atom. The van der Waals surface area contributed by atoms with Crippen LogP contribution in [0.25, 0.3) is 0 Å². The third-order valence-electron chi connectivity index (χ3n) is 1.91. The molecule has 0 bridgehead atoms. The lowest BCUT2D eigenvalue weighted by Gasteiger charge is -2.06. The minimum atomic E-state index is -1.06. The lowest BCUT2D eigenvalue weighted by Crippen LogP contribution is -2.30. The quantitative estimate of drug-likeness (QED) is 0.632. The molecule has 5 heteroatoms. The van der Waals surface area contributed by atoms with Crippen molar-refractivity contribution in [2.24, 2.45) is 11.7 Å². The van der Waals surface area contributed by atoms with Crippen molar-refractivity contribution in [3.63, 3.8) is 0 Å². The van der Waals surface area contributed by atoms with Crippen LogP contribution in [0.5, 0.6) is 0 Å². The summed E-state index contributed by atoms with van der Waals surface area (Å²) in [4.78, 5) is 11.3. The van der Waals surface area contributed by atoms with Crippen molar-refractivity contribution in [1.82, 2.24) is 5.32 Å². The third kappa shape index (κ3) is 9.87. The van der Waals surface area contributed by atoms with Gasteiger partial charge in [0.15, 0.2) is 0 Å². The van der Waals surface area contributed by atoms with Gasteiger partial charge in [0.25, 0.3) is 0 Å². The van der Waals surface area contributed by atoms with Crippen LogP contribution in [0.4, 0.5) is 0 Å². The predicted octanol–water partition coefficient (Wildman–Crippen LogP) is 0.246. The van der Waals surface area contributed by atoms with Crippen LogP contribution in [-0.2, 0) is 15.6 Å². The summed E-state index contributed by atoms with van der Waals surface area (Å²) in [6, 6.07) is 0. The average Bonchev–Trinajstić information content (AvgIpc) is 2.14. The molecule has 15 heavy (non-hydrogen) atoms. The number of rotatable bonds is 8. The van der Waals surface area contributed by atoms with Crippen molar-refractivity contribution in [2.45, 2.75) is 26.7 Å². The fraction of sp³-hybridized carbons (Fsp3) is 0.900. The Morgan fingerprint density at radius 3 is 2.67 bits per heavy atom. The summed E-state index contributed by atoms with van der Waals surface area (Å²) in [6.45, 7) is 5.41. The molecule has 90 valence electrons. The van der Waals surface area contributed by atoms with Crippen LogP contribution in [0.2, 0.25) is 0 Å².